The van der Waals surface area contributed by atoms with E-state index in [4.69, 9.17) is 16.0 Å². The molecule has 0 aliphatic rings. The molecule has 1 atom stereocenters. The molecule has 5 nitrogen and oxygen atoms in total. The average Bonchev–Trinajstić information content (AvgIpc) is 3.30. The zero-order valence-electron chi connectivity index (χ0n) is 14.5. The fourth-order valence-electron chi connectivity index (χ4n) is 2.57. The maximum absolute atomic E-state index is 12.3. The highest BCUT2D eigenvalue weighted by molar-refractivity contribution is 7.13. The van der Waals surface area contributed by atoms with Crippen molar-refractivity contribution in [2.24, 2.45) is 5.92 Å². The molecular weight excluding hydrogens is 370 g/mol. The van der Waals surface area contributed by atoms with E-state index in [9.17, 15) is 4.79 Å². The van der Waals surface area contributed by atoms with Crippen LogP contribution in [0.15, 0.2) is 52.5 Å². The molecule has 26 heavy (non-hydrogen) atoms. The third kappa shape index (κ3) is 4.65. The standard InChI is InChI=1S/C19H20ClN3O2S/c1-12(2)17(13-5-7-14(20)8-6-13)23-19(24)21-10-15-11-25-18(22-15)16-4-3-9-26-16/h3-9,11-12,17H,10H2,1-2H3,(H2,21,23,24). The predicted octanol–water partition coefficient (Wildman–Crippen LogP) is 5.25. The number of urea groups is 1. The van der Waals surface area contributed by atoms with Gasteiger partial charge in [0.05, 0.1) is 23.2 Å². The highest BCUT2D eigenvalue weighted by atomic mass is 35.5. The summed E-state index contributed by atoms with van der Waals surface area (Å²) in [4.78, 5) is 17.7. The topological polar surface area (TPSA) is 67.2 Å². The van der Waals surface area contributed by atoms with Gasteiger partial charge >= 0.3 is 6.03 Å². The summed E-state index contributed by atoms with van der Waals surface area (Å²) in [7, 11) is 0. The van der Waals surface area contributed by atoms with Gasteiger partial charge in [0.15, 0.2) is 0 Å². The van der Waals surface area contributed by atoms with Crippen LogP contribution in [0, 0.1) is 5.92 Å². The summed E-state index contributed by atoms with van der Waals surface area (Å²) in [5.41, 5.74) is 1.69. The first-order valence-electron chi connectivity index (χ1n) is 8.31. The normalized spacial score (nSPS) is 12.2. The van der Waals surface area contributed by atoms with Crippen molar-refractivity contribution in [2.45, 2.75) is 26.4 Å². The van der Waals surface area contributed by atoms with Crippen molar-refractivity contribution in [2.75, 3.05) is 0 Å². The number of carbonyl (C=O) groups is 1. The second-order valence-electron chi connectivity index (χ2n) is 6.22. The van der Waals surface area contributed by atoms with E-state index in [0.29, 0.717) is 23.2 Å². The summed E-state index contributed by atoms with van der Waals surface area (Å²) in [6, 6.07) is 11.0. The van der Waals surface area contributed by atoms with Gasteiger partial charge in [0.25, 0.3) is 0 Å². The first-order chi connectivity index (χ1) is 12.5. The van der Waals surface area contributed by atoms with Gasteiger partial charge < -0.3 is 15.1 Å². The SMILES string of the molecule is CC(C)C(NC(=O)NCc1coc(-c2cccs2)n1)c1ccc(Cl)cc1. The van der Waals surface area contributed by atoms with Crippen LogP contribution in [0.4, 0.5) is 4.79 Å². The maximum Gasteiger partial charge on any atom is 0.315 e. The zero-order chi connectivity index (χ0) is 18.5. The monoisotopic (exact) mass is 389 g/mol. The van der Waals surface area contributed by atoms with Crippen LogP contribution in [0.5, 0.6) is 0 Å². The smallest absolute Gasteiger partial charge is 0.315 e. The highest BCUT2D eigenvalue weighted by Crippen LogP contribution is 2.24. The summed E-state index contributed by atoms with van der Waals surface area (Å²) < 4.78 is 5.46. The van der Waals surface area contributed by atoms with Gasteiger partial charge in [-0.05, 0) is 35.1 Å². The third-order valence-corrected chi connectivity index (χ3v) is 5.01. The first-order valence-corrected chi connectivity index (χ1v) is 9.57. The summed E-state index contributed by atoms with van der Waals surface area (Å²) in [6.45, 7) is 4.42. The van der Waals surface area contributed by atoms with Crippen molar-refractivity contribution in [3.05, 3.63) is 64.3 Å². The largest absolute Gasteiger partial charge is 0.443 e. The minimum absolute atomic E-state index is 0.105. The minimum Gasteiger partial charge on any atom is -0.443 e. The Kier molecular flexibility index (Phi) is 5.96. The quantitative estimate of drug-likeness (QED) is 0.604. The molecular formula is C19H20ClN3O2S. The van der Waals surface area contributed by atoms with Gasteiger partial charge in [0, 0.05) is 5.02 Å². The number of hydrogen-bond donors (Lipinski definition) is 2. The van der Waals surface area contributed by atoms with E-state index in [2.05, 4.69) is 29.5 Å². The Balaban J connectivity index is 1.58. The van der Waals surface area contributed by atoms with Crippen LogP contribution in [0.1, 0.15) is 31.1 Å². The van der Waals surface area contributed by atoms with Crippen LogP contribution in [-0.2, 0) is 6.54 Å². The van der Waals surface area contributed by atoms with Crippen molar-refractivity contribution in [3.63, 3.8) is 0 Å². The molecule has 0 saturated heterocycles. The van der Waals surface area contributed by atoms with E-state index in [1.165, 1.54) is 0 Å². The van der Waals surface area contributed by atoms with Gasteiger partial charge in [-0.3, -0.25) is 0 Å². The minimum atomic E-state index is -0.251. The Hall–Kier alpha value is -2.31. The number of benzene rings is 1. The molecule has 0 bridgehead atoms. The number of aromatic nitrogens is 1. The zero-order valence-corrected chi connectivity index (χ0v) is 16.1. The van der Waals surface area contributed by atoms with E-state index >= 15 is 0 Å². The lowest BCUT2D eigenvalue weighted by Crippen LogP contribution is -2.39. The number of amides is 2. The van der Waals surface area contributed by atoms with Crippen LogP contribution < -0.4 is 10.6 Å². The summed E-state index contributed by atoms with van der Waals surface area (Å²) in [6.07, 6.45) is 1.56. The lowest BCUT2D eigenvalue weighted by Gasteiger charge is -2.23. The van der Waals surface area contributed by atoms with Crippen molar-refractivity contribution < 1.29 is 9.21 Å². The lowest BCUT2D eigenvalue weighted by molar-refractivity contribution is 0.232. The second-order valence-corrected chi connectivity index (χ2v) is 7.61. The Bertz CT molecular complexity index is 844. The van der Waals surface area contributed by atoms with Crippen molar-refractivity contribution >= 4 is 29.0 Å². The molecule has 0 radical (unpaired) electrons. The summed E-state index contributed by atoms with van der Waals surface area (Å²) >= 11 is 7.50. The Morgan fingerprint density at radius 1 is 1.27 bits per heavy atom. The fourth-order valence-corrected chi connectivity index (χ4v) is 3.35. The number of nitrogens with zero attached hydrogens (tertiary/aromatic N) is 1. The highest BCUT2D eigenvalue weighted by Gasteiger charge is 2.18. The van der Waals surface area contributed by atoms with E-state index in [1.807, 2.05) is 41.8 Å². The van der Waals surface area contributed by atoms with Crippen molar-refractivity contribution in [1.29, 1.82) is 0 Å². The number of oxazole rings is 1. The number of thiophene rings is 1. The van der Waals surface area contributed by atoms with Crippen molar-refractivity contribution in [3.8, 4) is 10.8 Å². The van der Waals surface area contributed by atoms with E-state index in [1.54, 1.807) is 17.6 Å². The average molecular weight is 390 g/mol. The van der Waals surface area contributed by atoms with E-state index in [-0.39, 0.29) is 18.0 Å². The third-order valence-electron chi connectivity index (χ3n) is 3.90. The molecule has 2 heterocycles. The van der Waals surface area contributed by atoms with Gasteiger partial charge in [-0.1, -0.05) is 43.6 Å². The molecule has 136 valence electrons. The molecule has 2 aromatic heterocycles. The molecule has 1 unspecified atom stereocenters. The Morgan fingerprint density at radius 2 is 2.04 bits per heavy atom. The van der Waals surface area contributed by atoms with Crippen LogP contribution >= 0.6 is 22.9 Å². The number of rotatable bonds is 6. The molecule has 3 aromatic rings. The molecule has 7 heteroatoms. The Morgan fingerprint density at radius 3 is 2.69 bits per heavy atom. The van der Waals surface area contributed by atoms with Gasteiger partial charge in [-0.25, -0.2) is 9.78 Å². The fraction of sp³-hybridized carbons (Fsp3) is 0.263. The molecule has 0 aliphatic heterocycles. The van der Waals surface area contributed by atoms with E-state index in [0.717, 1.165) is 10.4 Å². The summed E-state index contributed by atoms with van der Waals surface area (Å²) in [5.74, 6) is 0.804. The number of hydrogen-bond acceptors (Lipinski definition) is 4. The van der Waals surface area contributed by atoms with Crippen LogP contribution in [0.25, 0.3) is 10.8 Å². The van der Waals surface area contributed by atoms with Crippen LogP contribution in [-0.4, -0.2) is 11.0 Å². The molecule has 0 saturated carbocycles. The summed E-state index contributed by atoms with van der Waals surface area (Å²) in [5, 5.41) is 8.48. The lowest BCUT2D eigenvalue weighted by atomic mass is 9.96. The molecule has 3 rings (SSSR count). The van der Waals surface area contributed by atoms with Crippen molar-refractivity contribution in [1.82, 2.24) is 15.6 Å². The molecule has 2 N–H and O–H groups in total. The van der Waals surface area contributed by atoms with Gasteiger partial charge in [0.2, 0.25) is 5.89 Å². The molecule has 1 aromatic carbocycles. The predicted molar refractivity (Wildman–Crippen MR) is 104 cm³/mol. The van der Waals surface area contributed by atoms with Gasteiger partial charge in [0.1, 0.15) is 6.26 Å². The number of nitrogens with one attached hydrogen (secondary N) is 2. The number of halogens is 1. The first kappa shape index (κ1) is 18.5. The van der Waals surface area contributed by atoms with Gasteiger partial charge in [-0.2, -0.15) is 0 Å². The van der Waals surface area contributed by atoms with E-state index < -0.39 is 0 Å². The molecule has 0 aliphatic carbocycles. The molecule has 0 spiro atoms. The number of carbonyl (C=O) groups excluding carboxylic acids is 1. The van der Waals surface area contributed by atoms with Crippen LogP contribution in [0.2, 0.25) is 5.02 Å². The maximum atomic E-state index is 12.3. The van der Waals surface area contributed by atoms with Gasteiger partial charge in [-0.15, -0.1) is 11.3 Å². The van der Waals surface area contributed by atoms with Crippen LogP contribution in [0.3, 0.4) is 0 Å². The Labute approximate surface area is 161 Å². The molecule has 0 fully saturated rings. The molecule has 2 amide bonds. The second kappa shape index (κ2) is 8.38.